The Morgan fingerprint density at radius 1 is 1.13 bits per heavy atom. The van der Waals surface area contributed by atoms with Gasteiger partial charge in [0, 0.05) is 11.8 Å². The second kappa shape index (κ2) is 6.12. The number of ketones is 1. The number of benzene rings is 1. The summed E-state index contributed by atoms with van der Waals surface area (Å²) in [6.07, 6.45) is 1.93. The number of nitrogens with zero attached hydrogens (tertiary/aromatic N) is 4. The average molecular weight is 306 g/mol. The van der Waals surface area contributed by atoms with E-state index in [9.17, 15) is 4.79 Å². The Bertz CT molecular complexity index is 893. The third kappa shape index (κ3) is 3.04. The highest BCUT2D eigenvalue weighted by atomic mass is 16.1. The number of imidazole rings is 1. The molecule has 0 fully saturated rings. The van der Waals surface area contributed by atoms with E-state index < -0.39 is 0 Å². The molecule has 5 heteroatoms. The predicted molar refractivity (Wildman–Crippen MR) is 89.9 cm³/mol. The number of Topliss-reactive ketones (excluding diaryl/α,β-unsaturated/α-hetero) is 1. The van der Waals surface area contributed by atoms with E-state index in [-0.39, 0.29) is 11.7 Å². The Morgan fingerprint density at radius 3 is 2.70 bits per heavy atom. The molecule has 2 aromatic heterocycles. The summed E-state index contributed by atoms with van der Waals surface area (Å²) in [7, 11) is 0. The third-order valence-corrected chi connectivity index (χ3v) is 3.59. The molecule has 0 amide bonds. The van der Waals surface area contributed by atoms with Crippen molar-refractivity contribution in [3.05, 3.63) is 59.9 Å². The van der Waals surface area contributed by atoms with Crippen LogP contribution in [-0.2, 0) is 0 Å². The minimum Gasteiger partial charge on any atom is -0.295 e. The van der Waals surface area contributed by atoms with Gasteiger partial charge in [-0.2, -0.15) is 0 Å². The first-order valence-corrected chi connectivity index (χ1v) is 7.56. The van der Waals surface area contributed by atoms with Crippen molar-refractivity contribution in [2.45, 2.75) is 26.7 Å². The molecule has 0 spiro atoms. The highest BCUT2D eigenvalue weighted by Gasteiger charge is 2.14. The molecule has 3 rings (SSSR count). The number of carbonyl (C=O) groups excluding carboxylic acids is 1. The van der Waals surface area contributed by atoms with Gasteiger partial charge < -0.3 is 0 Å². The van der Waals surface area contributed by atoms with Gasteiger partial charge in [0.25, 0.3) is 0 Å². The number of aromatic nitrogens is 2. The van der Waals surface area contributed by atoms with Gasteiger partial charge in [-0.1, -0.05) is 32.0 Å². The number of carbonyl (C=O) groups is 1. The Labute approximate surface area is 134 Å². The minimum atomic E-state index is 0.0136. The van der Waals surface area contributed by atoms with Crippen LogP contribution in [0.25, 0.3) is 5.65 Å². The summed E-state index contributed by atoms with van der Waals surface area (Å²) in [5.74, 6) is 0.982. The highest BCUT2D eigenvalue weighted by Crippen LogP contribution is 2.29. The standard InChI is InChI=1S/C18H18N4O/c1-12(2)17-18(22-10-5-4-9-16(22)19-17)21-20-15-8-6-7-14(11-15)13(3)23/h4-12H,1-3H3. The van der Waals surface area contributed by atoms with Crippen molar-refractivity contribution in [3.8, 4) is 0 Å². The molecule has 2 heterocycles. The average Bonchev–Trinajstić information content (AvgIpc) is 2.92. The van der Waals surface area contributed by atoms with Crippen molar-refractivity contribution >= 4 is 22.9 Å². The molecule has 0 radical (unpaired) electrons. The first-order valence-electron chi connectivity index (χ1n) is 7.56. The topological polar surface area (TPSA) is 59.1 Å². The van der Waals surface area contributed by atoms with Crippen LogP contribution in [0.5, 0.6) is 0 Å². The van der Waals surface area contributed by atoms with Crippen molar-refractivity contribution in [1.29, 1.82) is 0 Å². The zero-order valence-corrected chi connectivity index (χ0v) is 13.4. The van der Waals surface area contributed by atoms with Crippen molar-refractivity contribution in [2.75, 3.05) is 0 Å². The van der Waals surface area contributed by atoms with Gasteiger partial charge >= 0.3 is 0 Å². The van der Waals surface area contributed by atoms with E-state index >= 15 is 0 Å². The van der Waals surface area contributed by atoms with Gasteiger partial charge in [-0.25, -0.2) is 4.98 Å². The maximum atomic E-state index is 11.5. The number of rotatable bonds is 4. The van der Waals surface area contributed by atoms with Crippen LogP contribution in [0, 0.1) is 0 Å². The minimum absolute atomic E-state index is 0.0136. The number of hydrogen-bond donors (Lipinski definition) is 0. The zero-order chi connectivity index (χ0) is 16.4. The van der Waals surface area contributed by atoms with Gasteiger partial charge in [0.15, 0.2) is 11.6 Å². The summed E-state index contributed by atoms with van der Waals surface area (Å²) in [6.45, 7) is 5.70. The molecule has 0 saturated carbocycles. The van der Waals surface area contributed by atoms with Crippen molar-refractivity contribution in [1.82, 2.24) is 9.38 Å². The number of pyridine rings is 1. The van der Waals surface area contributed by atoms with Crippen LogP contribution in [0.2, 0.25) is 0 Å². The molecule has 3 aromatic rings. The first-order chi connectivity index (χ1) is 11.1. The quantitative estimate of drug-likeness (QED) is 0.498. The normalized spacial score (nSPS) is 11.7. The number of fused-ring (bicyclic) bond motifs is 1. The molecular weight excluding hydrogens is 288 g/mol. The fourth-order valence-corrected chi connectivity index (χ4v) is 2.38. The molecule has 0 bridgehead atoms. The van der Waals surface area contributed by atoms with Crippen LogP contribution in [0.1, 0.15) is 42.7 Å². The third-order valence-electron chi connectivity index (χ3n) is 3.59. The molecule has 0 aliphatic carbocycles. The molecule has 1 aromatic carbocycles. The monoisotopic (exact) mass is 306 g/mol. The van der Waals surface area contributed by atoms with E-state index in [2.05, 4.69) is 29.1 Å². The molecule has 0 aliphatic heterocycles. The molecule has 23 heavy (non-hydrogen) atoms. The maximum absolute atomic E-state index is 11.5. The second-order valence-corrected chi connectivity index (χ2v) is 5.71. The summed E-state index contributed by atoms with van der Waals surface area (Å²) in [6, 6.07) is 13.0. The number of azo groups is 1. The Hall–Kier alpha value is -2.82. The lowest BCUT2D eigenvalue weighted by molar-refractivity contribution is 0.101. The fourth-order valence-electron chi connectivity index (χ4n) is 2.38. The molecule has 116 valence electrons. The number of hydrogen-bond acceptors (Lipinski definition) is 4. The van der Waals surface area contributed by atoms with Gasteiger partial charge in [0.1, 0.15) is 5.65 Å². The van der Waals surface area contributed by atoms with Crippen LogP contribution < -0.4 is 0 Å². The molecule has 5 nitrogen and oxygen atoms in total. The highest BCUT2D eigenvalue weighted by molar-refractivity contribution is 5.94. The Balaban J connectivity index is 2.05. The lowest BCUT2D eigenvalue weighted by Gasteiger charge is -2.02. The molecule has 0 atom stereocenters. The van der Waals surface area contributed by atoms with Crippen molar-refractivity contribution < 1.29 is 4.79 Å². The SMILES string of the molecule is CC(=O)c1cccc(N=Nc2c(C(C)C)nc3ccccn23)c1. The van der Waals surface area contributed by atoms with Gasteiger partial charge in [-0.3, -0.25) is 9.20 Å². The molecule has 0 unspecified atom stereocenters. The summed E-state index contributed by atoms with van der Waals surface area (Å²) in [5.41, 5.74) is 3.03. The lowest BCUT2D eigenvalue weighted by Crippen LogP contribution is -1.90. The predicted octanol–water partition coefficient (Wildman–Crippen LogP) is 5.08. The van der Waals surface area contributed by atoms with Gasteiger partial charge in [-0.05, 0) is 37.1 Å². The zero-order valence-electron chi connectivity index (χ0n) is 13.4. The Morgan fingerprint density at radius 2 is 1.96 bits per heavy atom. The first kappa shape index (κ1) is 15.1. The van der Waals surface area contributed by atoms with Crippen LogP contribution in [-0.4, -0.2) is 15.2 Å². The van der Waals surface area contributed by atoms with E-state index in [1.807, 2.05) is 40.9 Å². The summed E-state index contributed by atoms with van der Waals surface area (Å²) >= 11 is 0. The van der Waals surface area contributed by atoms with Gasteiger partial charge in [0.05, 0.1) is 11.4 Å². The molecule has 0 N–H and O–H groups in total. The van der Waals surface area contributed by atoms with Gasteiger partial charge in [-0.15, -0.1) is 10.2 Å². The molecular formula is C18H18N4O. The smallest absolute Gasteiger partial charge is 0.183 e. The lowest BCUT2D eigenvalue weighted by atomic mass is 10.1. The molecule has 0 aliphatic rings. The van der Waals surface area contributed by atoms with Crippen LogP contribution in [0.15, 0.2) is 58.9 Å². The van der Waals surface area contributed by atoms with Crippen LogP contribution in [0.3, 0.4) is 0 Å². The van der Waals surface area contributed by atoms with E-state index in [4.69, 9.17) is 0 Å². The molecule has 0 saturated heterocycles. The van der Waals surface area contributed by atoms with Gasteiger partial charge in [0.2, 0.25) is 0 Å². The van der Waals surface area contributed by atoms with Crippen molar-refractivity contribution in [2.24, 2.45) is 10.2 Å². The van der Waals surface area contributed by atoms with E-state index in [1.54, 1.807) is 12.1 Å². The van der Waals surface area contributed by atoms with Crippen molar-refractivity contribution in [3.63, 3.8) is 0 Å². The van der Waals surface area contributed by atoms with E-state index in [0.717, 1.165) is 17.2 Å². The largest absolute Gasteiger partial charge is 0.295 e. The fraction of sp³-hybridized carbons (Fsp3) is 0.222. The van der Waals surface area contributed by atoms with E-state index in [0.29, 0.717) is 11.3 Å². The van der Waals surface area contributed by atoms with Crippen LogP contribution >= 0.6 is 0 Å². The maximum Gasteiger partial charge on any atom is 0.183 e. The van der Waals surface area contributed by atoms with Crippen LogP contribution in [0.4, 0.5) is 11.5 Å². The summed E-state index contributed by atoms with van der Waals surface area (Å²) in [4.78, 5) is 16.1. The Kier molecular flexibility index (Phi) is 4.02. The second-order valence-electron chi connectivity index (χ2n) is 5.71. The van der Waals surface area contributed by atoms with E-state index in [1.165, 1.54) is 6.92 Å². The summed E-state index contributed by atoms with van der Waals surface area (Å²) < 4.78 is 1.92. The summed E-state index contributed by atoms with van der Waals surface area (Å²) in [5, 5.41) is 8.70.